The summed E-state index contributed by atoms with van der Waals surface area (Å²) in [5.41, 5.74) is 0. The van der Waals surface area contributed by atoms with Crippen LogP contribution in [0.5, 0.6) is 0 Å². The van der Waals surface area contributed by atoms with E-state index in [1.54, 1.807) is 0 Å². The van der Waals surface area contributed by atoms with Crippen molar-refractivity contribution in [2.45, 2.75) is 257 Å². The molecule has 6 nitrogen and oxygen atoms in total. The number of aliphatic hydroxyl groups is 2. The first-order valence-corrected chi connectivity index (χ1v) is 25.0. The summed E-state index contributed by atoms with van der Waals surface area (Å²) in [5, 5.41) is 23.7. The van der Waals surface area contributed by atoms with Crippen molar-refractivity contribution in [2.24, 2.45) is 0 Å². The van der Waals surface area contributed by atoms with Crippen molar-refractivity contribution in [1.29, 1.82) is 0 Å². The van der Waals surface area contributed by atoms with Gasteiger partial charge in [-0.05, 0) is 77.0 Å². The Labute approximate surface area is 365 Å². The second kappa shape index (κ2) is 46.6. The van der Waals surface area contributed by atoms with Crippen LogP contribution < -0.4 is 5.32 Å². The standard InChI is InChI=1S/C53H95NO5/c1-4-7-10-13-16-19-22-24-25-26-27-28-31-34-37-40-43-46-53(58)59-49(44-41-38-35-32-29-21-18-15-12-9-6-3)47-52(57)54-50(48-55)51(56)45-42-39-36-33-30-23-20-17-14-11-8-5-2/h9,12,15-16,18-19,21,24-25,29,49-51,55-56H,4-8,10-11,13-14,17,20,22-23,26-28,30-48H2,1-3H3,(H,54,57)/b12-9+,18-15+,19-16-,25-24-,29-21-. The van der Waals surface area contributed by atoms with Gasteiger partial charge in [0.1, 0.15) is 6.10 Å². The Morgan fingerprint density at radius 3 is 1.56 bits per heavy atom. The minimum atomic E-state index is -0.798. The minimum Gasteiger partial charge on any atom is -0.462 e. The molecule has 59 heavy (non-hydrogen) atoms. The number of amides is 1. The molecule has 0 aliphatic rings. The van der Waals surface area contributed by atoms with Gasteiger partial charge >= 0.3 is 5.97 Å². The van der Waals surface area contributed by atoms with Gasteiger partial charge in [0, 0.05) is 6.42 Å². The molecular weight excluding hydrogens is 731 g/mol. The third-order valence-electron chi connectivity index (χ3n) is 11.1. The summed E-state index contributed by atoms with van der Waals surface area (Å²) in [6.07, 6.45) is 57.1. The zero-order valence-corrected chi connectivity index (χ0v) is 38.9. The highest BCUT2D eigenvalue weighted by molar-refractivity contribution is 5.77. The van der Waals surface area contributed by atoms with E-state index in [0.29, 0.717) is 19.3 Å². The van der Waals surface area contributed by atoms with E-state index in [-0.39, 0.29) is 24.9 Å². The van der Waals surface area contributed by atoms with Gasteiger partial charge in [0.25, 0.3) is 0 Å². The van der Waals surface area contributed by atoms with Crippen molar-refractivity contribution >= 4 is 11.9 Å². The molecule has 0 aromatic heterocycles. The average Bonchev–Trinajstić information content (AvgIpc) is 3.23. The topological polar surface area (TPSA) is 95.9 Å². The Balaban J connectivity index is 4.57. The van der Waals surface area contributed by atoms with E-state index in [2.05, 4.69) is 74.7 Å². The van der Waals surface area contributed by atoms with Gasteiger partial charge in [0.2, 0.25) is 5.91 Å². The second-order valence-electron chi connectivity index (χ2n) is 16.9. The van der Waals surface area contributed by atoms with Crippen LogP contribution in [-0.4, -0.2) is 46.9 Å². The van der Waals surface area contributed by atoms with Crippen molar-refractivity contribution in [2.75, 3.05) is 6.61 Å². The fourth-order valence-corrected chi connectivity index (χ4v) is 7.34. The monoisotopic (exact) mass is 826 g/mol. The summed E-state index contributed by atoms with van der Waals surface area (Å²) < 4.78 is 5.90. The van der Waals surface area contributed by atoms with Crippen LogP contribution in [0.25, 0.3) is 0 Å². The number of carbonyl (C=O) groups excluding carboxylic acids is 2. The van der Waals surface area contributed by atoms with Gasteiger partial charge in [-0.15, -0.1) is 0 Å². The Hall–Kier alpha value is -2.44. The fourth-order valence-electron chi connectivity index (χ4n) is 7.34. The van der Waals surface area contributed by atoms with E-state index in [1.807, 2.05) is 12.2 Å². The largest absolute Gasteiger partial charge is 0.462 e. The van der Waals surface area contributed by atoms with Gasteiger partial charge in [-0.2, -0.15) is 0 Å². The number of nitrogens with one attached hydrogen (secondary N) is 1. The highest BCUT2D eigenvalue weighted by Gasteiger charge is 2.24. The molecule has 3 unspecified atom stereocenters. The van der Waals surface area contributed by atoms with E-state index < -0.39 is 18.2 Å². The molecule has 0 spiro atoms. The molecule has 0 bridgehead atoms. The lowest BCUT2D eigenvalue weighted by atomic mass is 10.0. The van der Waals surface area contributed by atoms with E-state index in [9.17, 15) is 19.8 Å². The van der Waals surface area contributed by atoms with Crippen molar-refractivity contribution in [3.05, 3.63) is 60.8 Å². The SMILES string of the molecule is CC/C=C/C=C/C=C\CCCCCC(CC(=O)NC(CO)C(O)CCCCCCCCCCCCCC)OC(=O)CCCCCCCCC/C=C\C/C=C\CCCCC. The highest BCUT2D eigenvalue weighted by Crippen LogP contribution is 2.17. The van der Waals surface area contributed by atoms with Crippen molar-refractivity contribution in [3.63, 3.8) is 0 Å². The molecule has 0 saturated carbocycles. The van der Waals surface area contributed by atoms with E-state index >= 15 is 0 Å². The molecule has 0 aromatic carbocycles. The molecule has 0 aliphatic heterocycles. The number of carbonyl (C=O) groups is 2. The molecular formula is C53H95NO5. The lowest BCUT2D eigenvalue weighted by Crippen LogP contribution is -2.46. The Kier molecular flexibility index (Phi) is 44.7. The number of aliphatic hydroxyl groups excluding tert-OH is 2. The van der Waals surface area contributed by atoms with Crippen LogP contribution >= 0.6 is 0 Å². The van der Waals surface area contributed by atoms with Gasteiger partial charge in [-0.25, -0.2) is 0 Å². The normalized spacial score (nSPS) is 13.8. The fraction of sp³-hybridized carbons (Fsp3) is 0.774. The molecule has 0 rings (SSSR count). The van der Waals surface area contributed by atoms with Crippen LogP contribution in [0.3, 0.4) is 0 Å². The predicted octanol–water partition coefficient (Wildman–Crippen LogP) is 14.8. The van der Waals surface area contributed by atoms with Crippen LogP contribution in [0.1, 0.15) is 239 Å². The highest BCUT2D eigenvalue weighted by atomic mass is 16.5. The molecule has 3 atom stereocenters. The second-order valence-corrected chi connectivity index (χ2v) is 16.9. The summed E-state index contributed by atoms with van der Waals surface area (Å²) in [5.74, 6) is -0.518. The molecule has 0 radical (unpaired) electrons. The first kappa shape index (κ1) is 56.6. The van der Waals surface area contributed by atoms with Gasteiger partial charge in [-0.1, -0.05) is 210 Å². The third kappa shape index (κ3) is 42.1. The maximum atomic E-state index is 13.2. The Bertz CT molecular complexity index is 1060. The average molecular weight is 826 g/mol. The number of rotatable bonds is 44. The Morgan fingerprint density at radius 1 is 0.525 bits per heavy atom. The number of hydrogen-bond acceptors (Lipinski definition) is 5. The smallest absolute Gasteiger partial charge is 0.306 e. The number of esters is 1. The molecule has 0 aromatic rings. The molecule has 0 fully saturated rings. The quantitative estimate of drug-likeness (QED) is 0.0246. The molecule has 0 heterocycles. The molecule has 3 N–H and O–H groups in total. The van der Waals surface area contributed by atoms with Gasteiger partial charge in [-0.3, -0.25) is 9.59 Å². The van der Waals surface area contributed by atoms with Crippen LogP contribution in [-0.2, 0) is 14.3 Å². The van der Waals surface area contributed by atoms with E-state index in [4.69, 9.17) is 4.74 Å². The first-order chi connectivity index (χ1) is 29.0. The maximum absolute atomic E-state index is 13.2. The van der Waals surface area contributed by atoms with Crippen molar-refractivity contribution in [3.8, 4) is 0 Å². The maximum Gasteiger partial charge on any atom is 0.306 e. The molecule has 342 valence electrons. The van der Waals surface area contributed by atoms with Crippen LogP contribution in [0.2, 0.25) is 0 Å². The first-order valence-electron chi connectivity index (χ1n) is 25.0. The molecule has 1 amide bonds. The van der Waals surface area contributed by atoms with Gasteiger partial charge < -0.3 is 20.3 Å². The lowest BCUT2D eigenvalue weighted by Gasteiger charge is -2.24. The molecule has 6 heteroatoms. The Morgan fingerprint density at radius 2 is 0.983 bits per heavy atom. The summed E-state index contributed by atoms with van der Waals surface area (Å²) in [6.45, 7) is 6.30. The lowest BCUT2D eigenvalue weighted by molar-refractivity contribution is -0.151. The van der Waals surface area contributed by atoms with Crippen LogP contribution in [0.4, 0.5) is 0 Å². The third-order valence-corrected chi connectivity index (χ3v) is 11.1. The summed E-state index contributed by atoms with van der Waals surface area (Å²) in [6, 6.07) is -0.714. The number of ether oxygens (including phenoxy) is 1. The molecule has 0 saturated heterocycles. The minimum absolute atomic E-state index is 0.0501. The zero-order valence-electron chi connectivity index (χ0n) is 38.9. The molecule has 0 aliphatic carbocycles. The number of allylic oxidation sites excluding steroid dienone is 10. The predicted molar refractivity (Wildman–Crippen MR) is 255 cm³/mol. The van der Waals surface area contributed by atoms with Gasteiger partial charge in [0.05, 0.1) is 25.2 Å². The zero-order chi connectivity index (χ0) is 43.1. The number of hydrogen-bond donors (Lipinski definition) is 3. The number of unbranched alkanes of at least 4 members (excludes halogenated alkanes) is 24. The van der Waals surface area contributed by atoms with Crippen LogP contribution in [0.15, 0.2) is 60.8 Å². The summed E-state index contributed by atoms with van der Waals surface area (Å²) in [4.78, 5) is 26.1. The summed E-state index contributed by atoms with van der Waals surface area (Å²) in [7, 11) is 0. The van der Waals surface area contributed by atoms with Crippen LogP contribution in [0, 0.1) is 0 Å². The van der Waals surface area contributed by atoms with E-state index in [0.717, 1.165) is 83.5 Å². The summed E-state index contributed by atoms with van der Waals surface area (Å²) >= 11 is 0. The van der Waals surface area contributed by atoms with Crippen molar-refractivity contribution in [1.82, 2.24) is 5.32 Å². The van der Waals surface area contributed by atoms with Crippen molar-refractivity contribution < 1.29 is 24.5 Å². The van der Waals surface area contributed by atoms with E-state index in [1.165, 1.54) is 109 Å². The van der Waals surface area contributed by atoms with Gasteiger partial charge in [0.15, 0.2) is 0 Å².